The summed E-state index contributed by atoms with van der Waals surface area (Å²) in [6.07, 6.45) is 2.64. The molecule has 0 saturated carbocycles. The predicted molar refractivity (Wildman–Crippen MR) is 62.0 cm³/mol. The summed E-state index contributed by atoms with van der Waals surface area (Å²) in [5.41, 5.74) is 0.680. The highest BCUT2D eigenvalue weighted by atomic mass is 16.1. The van der Waals surface area contributed by atoms with Crippen molar-refractivity contribution in [1.82, 2.24) is 0 Å². The number of Topliss-reactive ketones (excluding diaryl/α,β-unsaturated/α-hetero) is 1. The molecule has 2 nitrogen and oxygen atoms in total. The van der Waals surface area contributed by atoms with E-state index in [1.807, 2.05) is 18.2 Å². The third kappa shape index (κ3) is 6.61. The summed E-state index contributed by atoms with van der Waals surface area (Å²) < 4.78 is 0. The molecule has 82 valence electrons. The molecule has 0 aliphatic carbocycles. The zero-order valence-electron chi connectivity index (χ0n) is 9.40. The molecular weight excluding hydrogens is 188 g/mol. The van der Waals surface area contributed by atoms with Crippen LogP contribution in [0.25, 0.3) is 0 Å². The summed E-state index contributed by atoms with van der Waals surface area (Å²) in [4.78, 5) is 21.2. The van der Waals surface area contributed by atoms with Crippen molar-refractivity contribution >= 4 is 12.1 Å². The molecule has 1 aromatic carbocycles. The van der Waals surface area contributed by atoms with Crippen molar-refractivity contribution in [2.75, 3.05) is 0 Å². The summed E-state index contributed by atoms with van der Waals surface area (Å²) in [5.74, 6) is 0.0303. The molecule has 0 amide bonds. The van der Waals surface area contributed by atoms with E-state index < -0.39 is 0 Å². The standard InChI is InChI=1S/C10H10O2.C3H8/c11-8-4-7-10(12)9-5-2-1-3-6-9;1-3-2/h1-3,5-6,8H,4,7H2;3H2,1-2H3. The van der Waals surface area contributed by atoms with E-state index in [1.165, 1.54) is 6.42 Å². The number of carbonyl (C=O) groups excluding carboxylic acids is 2. The molecule has 0 N–H and O–H groups in total. The first-order valence-corrected chi connectivity index (χ1v) is 5.28. The Hall–Kier alpha value is -1.44. The van der Waals surface area contributed by atoms with Crippen LogP contribution in [0.3, 0.4) is 0 Å². The van der Waals surface area contributed by atoms with Crippen molar-refractivity contribution in [2.24, 2.45) is 0 Å². The van der Waals surface area contributed by atoms with Gasteiger partial charge in [0.05, 0.1) is 0 Å². The Morgan fingerprint density at radius 2 is 1.73 bits per heavy atom. The van der Waals surface area contributed by atoms with E-state index in [4.69, 9.17) is 0 Å². The van der Waals surface area contributed by atoms with Crippen LogP contribution in [0.1, 0.15) is 43.5 Å². The van der Waals surface area contributed by atoms with Gasteiger partial charge in [-0.15, -0.1) is 0 Å². The molecule has 0 unspecified atom stereocenters. The van der Waals surface area contributed by atoms with E-state index in [0.29, 0.717) is 18.4 Å². The Morgan fingerprint density at radius 3 is 2.20 bits per heavy atom. The Bertz CT molecular complexity index is 278. The first-order valence-electron chi connectivity index (χ1n) is 5.28. The number of aldehydes is 1. The van der Waals surface area contributed by atoms with Crippen molar-refractivity contribution in [3.63, 3.8) is 0 Å². The zero-order valence-corrected chi connectivity index (χ0v) is 9.40. The second kappa shape index (κ2) is 9.13. The summed E-state index contributed by atoms with van der Waals surface area (Å²) >= 11 is 0. The zero-order chi connectivity index (χ0) is 11.5. The number of hydrogen-bond donors (Lipinski definition) is 0. The van der Waals surface area contributed by atoms with E-state index in [2.05, 4.69) is 13.8 Å². The molecule has 1 rings (SSSR count). The van der Waals surface area contributed by atoms with Gasteiger partial charge in [-0.1, -0.05) is 50.6 Å². The van der Waals surface area contributed by atoms with Crippen molar-refractivity contribution in [1.29, 1.82) is 0 Å². The van der Waals surface area contributed by atoms with Gasteiger partial charge in [-0.05, 0) is 0 Å². The lowest BCUT2D eigenvalue weighted by molar-refractivity contribution is -0.107. The van der Waals surface area contributed by atoms with Crippen molar-refractivity contribution in [3.05, 3.63) is 35.9 Å². The maximum Gasteiger partial charge on any atom is 0.163 e. The lowest BCUT2D eigenvalue weighted by Crippen LogP contribution is -1.98. The Labute approximate surface area is 91.3 Å². The van der Waals surface area contributed by atoms with Gasteiger partial charge in [0.1, 0.15) is 6.29 Å². The minimum atomic E-state index is 0.0303. The Morgan fingerprint density at radius 1 is 1.20 bits per heavy atom. The fourth-order valence-electron chi connectivity index (χ4n) is 0.958. The number of rotatable bonds is 4. The van der Waals surface area contributed by atoms with Crippen LogP contribution in [0.15, 0.2) is 30.3 Å². The van der Waals surface area contributed by atoms with Gasteiger partial charge in [0.15, 0.2) is 5.78 Å². The topological polar surface area (TPSA) is 34.1 Å². The van der Waals surface area contributed by atoms with Crippen LogP contribution in [0.4, 0.5) is 0 Å². The SMILES string of the molecule is CCC.O=CCCC(=O)c1ccccc1. The van der Waals surface area contributed by atoms with Gasteiger partial charge >= 0.3 is 0 Å². The van der Waals surface area contributed by atoms with Crippen molar-refractivity contribution < 1.29 is 9.59 Å². The summed E-state index contributed by atoms with van der Waals surface area (Å²) in [6, 6.07) is 9.00. The molecule has 0 saturated heterocycles. The van der Waals surface area contributed by atoms with E-state index >= 15 is 0 Å². The van der Waals surface area contributed by atoms with Crippen LogP contribution < -0.4 is 0 Å². The second-order valence-electron chi connectivity index (χ2n) is 3.20. The molecule has 15 heavy (non-hydrogen) atoms. The van der Waals surface area contributed by atoms with Gasteiger partial charge in [0.25, 0.3) is 0 Å². The molecule has 0 aliphatic rings. The van der Waals surface area contributed by atoms with Crippen LogP contribution in [-0.4, -0.2) is 12.1 Å². The summed E-state index contributed by atoms with van der Waals surface area (Å²) in [7, 11) is 0. The fraction of sp³-hybridized carbons (Fsp3) is 0.385. The average molecular weight is 206 g/mol. The molecule has 0 fully saturated rings. The van der Waals surface area contributed by atoms with Crippen LogP contribution in [0.2, 0.25) is 0 Å². The van der Waals surface area contributed by atoms with E-state index in [0.717, 1.165) is 6.29 Å². The lowest BCUT2D eigenvalue weighted by atomic mass is 10.1. The Kier molecular flexibility index (Phi) is 8.25. The number of benzene rings is 1. The second-order valence-corrected chi connectivity index (χ2v) is 3.20. The highest BCUT2D eigenvalue weighted by molar-refractivity contribution is 5.96. The predicted octanol–water partition coefficient (Wildman–Crippen LogP) is 3.26. The maximum atomic E-state index is 11.2. The minimum absolute atomic E-state index is 0.0303. The molecule has 1 aromatic rings. The highest BCUT2D eigenvalue weighted by Crippen LogP contribution is 2.03. The van der Waals surface area contributed by atoms with Crippen LogP contribution >= 0.6 is 0 Å². The van der Waals surface area contributed by atoms with Crippen molar-refractivity contribution in [3.8, 4) is 0 Å². The van der Waals surface area contributed by atoms with Gasteiger partial charge in [0, 0.05) is 18.4 Å². The third-order valence-corrected chi connectivity index (χ3v) is 1.59. The van der Waals surface area contributed by atoms with Crippen LogP contribution in [-0.2, 0) is 4.79 Å². The quantitative estimate of drug-likeness (QED) is 0.559. The molecule has 0 aromatic heterocycles. The van der Waals surface area contributed by atoms with Gasteiger partial charge in [-0.3, -0.25) is 4.79 Å². The smallest absolute Gasteiger partial charge is 0.163 e. The lowest BCUT2D eigenvalue weighted by Gasteiger charge is -1.95. The number of ketones is 1. The molecule has 0 radical (unpaired) electrons. The maximum absolute atomic E-state index is 11.2. The summed E-state index contributed by atoms with van der Waals surface area (Å²) in [6.45, 7) is 4.25. The molecule has 0 aliphatic heterocycles. The number of hydrogen-bond acceptors (Lipinski definition) is 2. The average Bonchev–Trinajstić information content (AvgIpc) is 2.28. The monoisotopic (exact) mass is 206 g/mol. The third-order valence-electron chi connectivity index (χ3n) is 1.59. The number of carbonyl (C=O) groups is 2. The molecule has 2 heteroatoms. The molecular formula is C13H18O2. The van der Waals surface area contributed by atoms with Gasteiger partial charge in [-0.25, -0.2) is 0 Å². The first-order chi connectivity index (χ1) is 7.26. The van der Waals surface area contributed by atoms with Gasteiger partial charge in [-0.2, -0.15) is 0 Å². The minimum Gasteiger partial charge on any atom is -0.303 e. The van der Waals surface area contributed by atoms with Gasteiger partial charge < -0.3 is 4.79 Å². The molecule has 0 heterocycles. The highest BCUT2D eigenvalue weighted by Gasteiger charge is 2.02. The fourth-order valence-corrected chi connectivity index (χ4v) is 0.958. The van der Waals surface area contributed by atoms with Crippen LogP contribution in [0, 0.1) is 0 Å². The van der Waals surface area contributed by atoms with E-state index in [1.54, 1.807) is 12.1 Å². The molecule has 0 bridgehead atoms. The molecule has 0 spiro atoms. The van der Waals surface area contributed by atoms with Crippen LogP contribution in [0.5, 0.6) is 0 Å². The normalized spacial score (nSPS) is 8.67. The van der Waals surface area contributed by atoms with E-state index in [-0.39, 0.29) is 5.78 Å². The van der Waals surface area contributed by atoms with Crippen molar-refractivity contribution in [2.45, 2.75) is 33.1 Å². The molecule has 0 atom stereocenters. The van der Waals surface area contributed by atoms with E-state index in [9.17, 15) is 9.59 Å². The largest absolute Gasteiger partial charge is 0.303 e. The first kappa shape index (κ1) is 13.6. The van der Waals surface area contributed by atoms with Gasteiger partial charge in [0.2, 0.25) is 0 Å². The Balaban J connectivity index is 0.000000583. The summed E-state index contributed by atoms with van der Waals surface area (Å²) in [5, 5.41) is 0.